The fourth-order valence-electron chi connectivity index (χ4n) is 5.15. The van der Waals surface area contributed by atoms with E-state index in [1.54, 1.807) is 31.2 Å². The molecule has 194 valence electrons. The van der Waals surface area contributed by atoms with Gasteiger partial charge in [0.25, 0.3) is 5.91 Å². The lowest BCUT2D eigenvalue weighted by molar-refractivity contribution is 0.0929. The summed E-state index contributed by atoms with van der Waals surface area (Å²) in [7, 11) is 0. The maximum atomic E-state index is 13.6. The number of nitrogens with two attached hydrogens (primary N) is 1. The van der Waals surface area contributed by atoms with Gasteiger partial charge in [-0.15, -0.1) is 0 Å². The minimum atomic E-state index is -0.370. The summed E-state index contributed by atoms with van der Waals surface area (Å²) in [6.45, 7) is 1.79. The van der Waals surface area contributed by atoms with Gasteiger partial charge in [0.05, 0.1) is 11.1 Å². The summed E-state index contributed by atoms with van der Waals surface area (Å²) >= 11 is 0. The average molecular weight is 519 g/mol. The lowest BCUT2D eigenvalue weighted by atomic mass is 9.95. The monoisotopic (exact) mass is 518 g/mol. The van der Waals surface area contributed by atoms with Gasteiger partial charge in [-0.2, -0.15) is 0 Å². The Hall–Kier alpha value is -4.71. The fraction of sp³-hybridized carbons (Fsp3) is 0.152. The van der Waals surface area contributed by atoms with E-state index in [-0.39, 0.29) is 29.5 Å². The van der Waals surface area contributed by atoms with Crippen molar-refractivity contribution in [3.8, 4) is 22.5 Å². The third-order valence-electron chi connectivity index (χ3n) is 7.43. The molecule has 1 amide bonds. The zero-order valence-corrected chi connectivity index (χ0v) is 21.5. The third-order valence-corrected chi connectivity index (χ3v) is 7.43. The molecule has 0 aliphatic heterocycles. The highest BCUT2D eigenvalue weighted by molar-refractivity contribution is 6.13. The summed E-state index contributed by atoms with van der Waals surface area (Å²) in [5.74, 6) is -0.226. The molecule has 1 aliphatic rings. The van der Waals surface area contributed by atoms with Crippen molar-refractivity contribution in [1.29, 1.82) is 0 Å². The molecule has 1 aromatic heterocycles. The van der Waals surface area contributed by atoms with Gasteiger partial charge in [-0.25, -0.2) is 4.39 Å². The van der Waals surface area contributed by atoms with E-state index >= 15 is 0 Å². The van der Waals surface area contributed by atoms with Crippen LogP contribution < -0.4 is 11.1 Å². The van der Waals surface area contributed by atoms with E-state index in [1.165, 1.54) is 12.1 Å². The van der Waals surface area contributed by atoms with Gasteiger partial charge in [0.2, 0.25) is 0 Å². The van der Waals surface area contributed by atoms with E-state index in [2.05, 4.69) is 5.32 Å². The number of fused-ring (bicyclic) bond motifs is 1. The number of benzene rings is 4. The number of hydrogen-bond donors (Lipinski definition) is 2. The van der Waals surface area contributed by atoms with Crippen LogP contribution in [-0.4, -0.2) is 11.7 Å². The first-order chi connectivity index (χ1) is 18.9. The largest absolute Gasteiger partial charge is 0.455 e. The highest BCUT2D eigenvalue weighted by Crippen LogP contribution is 2.45. The van der Waals surface area contributed by atoms with Crippen LogP contribution in [0.4, 0.5) is 10.1 Å². The average Bonchev–Trinajstić information content (AvgIpc) is 3.65. The number of ketones is 1. The molecule has 5 nitrogen and oxygen atoms in total. The van der Waals surface area contributed by atoms with E-state index in [1.807, 2.05) is 54.6 Å². The second-order valence-corrected chi connectivity index (χ2v) is 10.0. The fourth-order valence-corrected chi connectivity index (χ4v) is 5.15. The molecule has 1 heterocycles. The summed E-state index contributed by atoms with van der Waals surface area (Å²) < 4.78 is 19.7. The molecular weight excluding hydrogens is 491 g/mol. The lowest BCUT2D eigenvalue weighted by Crippen LogP contribution is -2.34. The van der Waals surface area contributed by atoms with Crippen LogP contribution in [0, 0.1) is 5.82 Å². The van der Waals surface area contributed by atoms with Gasteiger partial charge < -0.3 is 15.5 Å². The number of carbonyl (C=O) groups is 2. The molecule has 39 heavy (non-hydrogen) atoms. The van der Waals surface area contributed by atoms with Crippen LogP contribution in [0.5, 0.6) is 0 Å². The molecule has 0 spiro atoms. The Morgan fingerprint density at radius 1 is 0.923 bits per heavy atom. The molecule has 1 fully saturated rings. The molecule has 6 rings (SSSR count). The molecule has 0 saturated heterocycles. The van der Waals surface area contributed by atoms with E-state index in [4.69, 9.17) is 10.2 Å². The molecule has 0 unspecified atom stereocenters. The van der Waals surface area contributed by atoms with Crippen molar-refractivity contribution in [2.45, 2.75) is 31.7 Å². The molecule has 3 N–H and O–H groups in total. The van der Waals surface area contributed by atoms with Gasteiger partial charge in [-0.3, -0.25) is 9.59 Å². The highest BCUT2D eigenvalue weighted by atomic mass is 19.1. The Bertz CT molecular complexity index is 1720. The molecule has 4 aromatic carbocycles. The maximum Gasteiger partial charge on any atom is 0.251 e. The first kappa shape index (κ1) is 24.6. The Morgan fingerprint density at radius 2 is 1.67 bits per heavy atom. The molecule has 5 aromatic rings. The SMILES string of the molecule is CCC(=O)c1c(-c2ccc(F)cc2)oc2cc(N)c(-c3cccc(C(=O)NC4(c5ccccc5)CC4)c3)cc12. The molecule has 0 radical (unpaired) electrons. The number of rotatable bonds is 7. The summed E-state index contributed by atoms with van der Waals surface area (Å²) in [6, 6.07) is 26.7. The first-order valence-corrected chi connectivity index (χ1v) is 13.0. The molecule has 0 bridgehead atoms. The van der Waals surface area contributed by atoms with Crippen molar-refractivity contribution in [3.63, 3.8) is 0 Å². The Kier molecular flexibility index (Phi) is 6.03. The number of furan rings is 1. The van der Waals surface area contributed by atoms with Crippen LogP contribution >= 0.6 is 0 Å². The van der Waals surface area contributed by atoms with Gasteiger partial charge in [0, 0.05) is 40.3 Å². The van der Waals surface area contributed by atoms with E-state index in [0.717, 1.165) is 24.0 Å². The summed E-state index contributed by atoms with van der Waals surface area (Å²) in [5.41, 5.74) is 11.2. The zero-order valence-electron chi connectivity index (χ0n) is 21.5. The molecule has 6 heteroatoms. The van der Waals surface area contributed by atoms with E-state index in [0.29, 0.717) is 44.7 Å². The van der Waals surface area contributed by atoms with Gasteiger partial charge in [0.15, 0.2) is 5.78 Å². The normalized spacial score (nSPS) is 13.8. The van der Waals surface area contributed by atoms with Crippen LogP contribution in [0.2, 0.25) is 0 Å². The summed E-state index contributed by atoms with van der Waals surface area (Å²) in [6.07, 6.45) is 2.08. The minimum absolute atomic E-state index is 0.0902. The smallest absolute Gasteiger partial charge is 0.251 e. The topological polar surface area (TPSA) is 85.3 Å². The van der Waals surface area contributed by atoms with Gasteiger partial charge in [-0.05, 0) is 66.4 Å². The van der Waals surface area contributed by atoms with E-state index in [9.17, 15) is 14.0 Å². The number of anilines is 1. The zero-order chi connectivity index (χ0) is 27.1. The van der Waals surface area contributed by atoms with Crippen LogP contribution in [0.25, 0.3) is 33.4 Å². The van der Waals surface area contributed by atoms with Crippen LogP contribution in [0.15, 0.2) is 95.4 Å². The first-order valence-electron chi connectivity index (χ1n) is 13.0. The van der Waals surface area contributed by atoms with Crippen molar-refractivity contribution in [3.05, 3.63) is 114 Å². The Balaban J connectivity index is 1.39. The second kappa shape index (κ2) is 9.55. The van der Waals surface area contributed by atoms with Crippen molar-refractivity contribution >= 4 is 28.3 Å². The highest BCUT2D eigenvalue weighted by Gasteiger charge is 2.45. The molecule has 1 saturated carbocycles. The van der Waals surface area contributed by atoms with Crippen LogP contribution in [0.1, 0.15) is 52.5 Å². The summed E-state index contributed by atoms with van der Waals surface area (Å²) in [5, 5.41) is 3.85. The van der Waals surface area contributed by atoms with Crippen molar-refractivity contribution in [2.24, 2.45) is 0 Å². The minimum Gasteiger partial charge on any atom is -0.455 e. The van der Waals surface area contributed by atoms with Gasteiger partial charge in [-0.1, -0.05) is 49.4 Å². The quantitative estimate of drug-likeness (QED) is 0.173. The van der Waals surface area contributed by atoms with Crippen molar-refractivity contribution in [2.75, 3.05) is 5.73 Å². The van der Waals surface area contributed by atoms with Gasteiger partial charge >= 0.3 is 0 Å². The molecule has 1 aliphatic carbocycles. The van der Waals surface area contributed by atoms with E-state index < -0.39 is 0 Å². The number of hydrogen-bond acceptors (Lipinski definition) is 4. The Labute approximate surface area is 225 Å². The predicted octanol–water partition coefficient (Wildman–Crippen LogP) is 7.50. The Morgan fingerprint density at radius 3 is 2.36 bits per heavy atom. The number of halogens is 1. The predicted molar refractivity (Wildman–Crippen MR) is 151 cm³/mol. The third kappa shape index (κ3) is 4.48. The maximum absolute atomic E-state index is 13.6. The number of nitrogens with one attached hydrogen (secondary N) is 1. The molecular formula is C33H27FN2O3. The second-order valence-electron chi connectivity index (χ2n) is 10.0. The molecule has 0 atom stereocenters. The van der Waals surface area contributed by atoms with Gasteiger partial charge in [0.1, 0.15) is 17.2 Å². The number of amides is 1. The van der Waals surface area contributed by atoms with Crippen LogP contribution in [-0.2, 0) is 5.54 Å². The summed E-state index contributed by atoms with van der Waals surface area (Å²) in [4.78, 5) is 26.4. The lowest BCUT2D eigenvalue weighted by Gasteiger charge is -2.18. The standard InChI is InChI=1S/C33H27FN2O3/c1-2-28(37)30-26-18-25(27(35)19-29(26)39-31(30)20-11-13-24(34)14-12-20)21-7-6-8-22(17-21)32(38)36-33(15-16-33)23-9-4-3-5-10-23/h3-14,17-19H,2,15-16,35H2,1H3,(H,36,38). The number of carbonyl (C=O) groups excluding carboxylic acids is 2. The van der Waals surface area contributed by atoms with Crippen molar-refractivity contribution < 1.29 is 18.4 Å². The van der Waals surface area contributed by atoms with Crippen molar-refractivity contribution in [1.82, 2.24) is 5.32 Å². The number of nitrogen functional groups attached to an aromatic ring is 1. The number of Topliss-reactive ketones (excluding diaryl/α,β-unsaturated/α-hetero) is 1. The van der Waals surface area contributed by atoms with Crippen LogP contribution in [0.3, 0.4) is 0 Å².